The number of benzene rings is 1. The number of halogens is 1. The van der Waals surface area contributed by atoms with Crippen LogP contribution in [-0.4, -0.2) is 45.1 Å². The van der Waals surface area contributed by atoms with Gasteiger partial charge >= 0.3 is 0 Å². The van der Waals surface area contributed by atoms with Crippen LogP contribution in [0, 0.1) is 5.41 Å². The lowest BCUT2D eigenvalue weighted by atomic mass is 9.93. The van der Waals surface area contributed by atoms with Gasteiger partial charge in [-0.15, -0.1) is 0 Å². The molecule has 20 heavy (non-hydrogen) atoms. The zero-order chi connectivity index (χ0) is 15.3. The molecule has 5 heteroatoms. The minimum Gasteiger partial charge on any atom is -0.496 e. The van der Waals surface area contributed by atoms with Crippen molar-refractivity contribution in [3.8, 4) is 5.75 Å². The summed E-state index contributed by atoms with van der Waals surface area (Å²) in [6.07, 6.45) is 0. The zero-order valence-electron chi connectivity index (χ0n) is 12.8. The Labute approximate surface area is 129 Å². The molecule has 0 unspecified atom stereocenters. The first-order valence-electron chi connectivity index (χ1n) is 6.51. The fourth-order valence-electron chi connectivity index (χ4n) is 2.14. The maximum Gasteiger partial charge on any atom is 0.251 e. The molecule has 0 aliphatic rings. The number of hydrogen-bond acceptors (Lipinski definition) is 3. The van der Waals surface area contributed by atoms with Crippen LogP contribution < -0.4 is 10.1 Å². The Morgan fingerprint density at radius 2 is 2.05 bits per heavy atom. The molecule has 1 aromatic rings. The summed E-state index contributed by atoms with van der Waals surface area (Å²) in [4.78, 5) is 14.3. The molecule has 0 aliphatic carbocycles. The summed E-state index contributed by atoms with van der Waals surface area (Å²) in [6, 6.07) is 5.31. The standard InChI is InChI=1S/C15H23BrN2O2/c1-15(2,10-18(3)4)9-17-14(19)11-6-7-13(20-5)12(16)8-11/h6-8H,9-10H2,1-5H3,(H,17,19). The Balaban J connectivity index is 2.65. The van der Waals surface area contributed by atoms with Crippen LogP contribution in [0.3, 0.4) is 0 Å². The zero-order valence-corrected chi connectivity index (χ0v) is 14.4. The largest absolute Gasteiger partial charge is 0.496 e. The molecule has 0 spiro atoms. The molecule has 0 bridgehead atoms. The maximum absolute atomic E-state index is 12.1. The highest BCUT2D eigenvalue weighted by Crippen LogP contribution is 2.25. The molecule has 1 N–H and O–H groups in total. The molecule has 0 heterocycles. The molecule has 0 fully saturated rings. The van der Waals surface area contributed by atoms with Crippen molar-refractivity contribution in [2.75, 3.05) is 34.3 Å². The van der Waals surface area contributed by atoms with Crippen LogP contribution >= 0.6 is 15.9 Å². The number of nitrogens with zero attached hydrogens (tertiary/aromatic N) is 1. The van der Waals surface area contributed by atoms with Gasteiger partial charge in [0.25, 0.3) is 5.91 Å². The van der Waals surface area contributed by atoms with Crippen molar-refractivity contribution in [1.82, 2.24) is 10.2 Å². The summed E-state index contributed by atoms with van der Waals surface area (Å²) >= 11 is 3.39. The Morgan fingerprint density at radius 1 is 1.40 bits per heavy atom. The molecule has 1 amide bonds. The smallest absolute Gasteiger partial charge is 0.251 e. The van der Waals surface area contributed by atoms with E-state index in [4.69, 9.17) is 4.74 Å². The highest BCUT2D eigenvalue weighted by Gasteiger charge is 2.20. The van der Waals surface area contributed by atoms with E-state index in [1.54, 1.807) is 25.3 Å². The fraction of sp³-hybridized carbons (Fsp3) is 0.533. The molecule has 0 saturated heterocycles. The van der Waals surface area contributed by atoms with Gasteiger partial charge in [-0.1, -0.05) is 13.8 Å². The predicted molar refractivity (Wildman–Crippen MR) is 85.4 cm³/mol. The van der Waals surface area contributed by atoms with Crippen molar-refractivity contribution in [3.05, 3.63) is 28.2 Å². The van der Waals surface area contributed by atoms with Gasteiger partial charge in [-0.3, -0.25) is 4.79 Å². The van der Waals surface area contributed by atoms with Gasteiger partial charge in [0.1, 0.15) is 5.75 Å². The van der Waals surface area contributed by atoms with Crippen molar-refractivity contribution in [2.24, 2.45) is 5.41 Å². The Morgan fingerprint density at radius 3 is 2.55 bits per heavy atom. The molecule has 112 valence electrons. The van der Waals surface area contributed by atoms with Gasteiger partial charge in [0.15, 0.2) is 0 Å². The number of amides is 1. The fourth-order valence-corrected chi connectivity index (χ4v) is 2.68. The van der Waals surface area contributed by atoms with Gasteiger partial charge in [0.2, 0.25) is 0 Å². The lowest BCUT2D eigenvalue weighted by molar-refractivity contribution is 0.0929. The Bertz CT molecular complexity index is 473. The number of methoxy groups -OCH3 is 1. The second-order valence-electron chi connectivity index (χ2n) is 5.93. The third-order valence-corrected chi connectivity index (χ3v) is 3.51. The van der Waals surface area contributed by atoms with E-state index in [2.05, 4.69) is 40.0 Å². The van der Waals surface area contributed by atoms with Gasteiger partial charge in [0, 0.05) is 18.7 Å². The van der Waals surface area contributed by atoms with Crippen molar-refractivity contribution in [3.63, 3.8) is 0 Å². The summed E-state index contributed by atoms with van der Waals surface area (Å²) in [5.41, 5.74) is 0.654. The first-order chi connectivity index (χ1) is 9.25. The van der Waals surface area contributed by atoms with Gasteiger partial charge in [-0.2, -0.15) is 0 Å². The molecule has 0 aliphatic heterocycles. The number of ether oxygens (including phenoxy) is 1. The third-order valence-electron chi connectivity index (χ3n) is 2.89. The molecule has 0 radical (unpaired) electrons. The molecular formula is C15H23BrN2O2. The highest BCUT2D eigenvalue weighted by molar-refractivity contribution is 9.10. The van der Waals surface area contributed by atoms with Crippen molar-refractivity contribution in [1.29, 1.82) is 0 Å². The van der Waals surface area contributed by atoms with Crippen LogP contribution in [0.5, 0.6) is 5.75 Å². The number of carbonyl (C=O) groups is 1. The molecular weight excluding hydrogens is 320 g/mol. The van der Waals surface area contributed by atoms with Crippen LogP contribution in [0.1, 0.15) is 24.2 Å². The quantitative estimate of drug-likeness (QED) is 0.864. The first kappa shape index (κ1) is 17.0. The van der Waals surface area contributed by atoms with Gasteiger partial charge in [-0.25, -0.2) is 0 Å². The molecule has 1 aromatic carbocycles. The third kappa shape index (κ3) is 5.13. The SMILES string of the molecule is COc1ccc(C(=O)NCC(C)(C)CN(C)C)cc1Br. The summed E-state index contributed by atoms with van der Waals surface area (Å²) in [5, 5.41) is 2.98. The minimum absolute atomic E-state index is 0.0306. The van der Waals surface area contributed by atoms with Crippen molar-refractivity contribution >= 4 is 21.8 Å². The summed E-state index contributed by atoms with van der Waals surface area (Å²) in [5.74, 6) is 0.648. The molecule has 1 rings (SSSR count). The van der Waals surface area contributed by atoms with Crippen molar-refractivity contribution < 1.29 is 9.53 Å². The molecule has 0 aromatic heterocycles. The summed E-state index contributed by atoms with van der Waals surface area (Å²) in [7, 11) is 5.66. The average Bonchev–Trinajstić information content (AvgIpc) is 2.34. The topological polar surface area (TPSA) is 41.6 Å². The number of hydrogen-bond donors (Lipinski definition) is 1. The maximum atomic E-state index is 12.1. The van der Waals surface area contributed by atoms with E-state index in [-0.39, 0.29) is 11.3 Å². The second kappa shape index (κ2) is 7.09. The van der Waals surface area contributed by atoms with Crippen molar-refractivity contribution in [2.45, 2.75) is 13.8 Å². The lowest BCUT2D eigenvalue weighted by Gasteiger charge is -2.28. The van der Waals surface area contributed by atoms with E-state index in [9.17, 15) is 4.79 Å². The molecule has 4 nitrogen and oxygen atoms in total. The second-order valence-corrected chi connectivity index (χ2v) is 6.79. The van der Waals surface area contributed by atoms with E-state index < -0.39 is 0 Å². The number of carbonyl (C=O) groups excluding carboxylic acids is 1. The van der Waals surface area contributed by atoms with Gasteiger partial charge in [-0.05, 0) is 53.6 Å². The Hall–Kier alpha value is -1.07. The van der Waals surface area contributed by atoms with E-state index in [1.165, 1.54) is 0 Å². The summed E-state index contributed by atoms with van der Waals surface area (Å²) in [6.45, 7) is 5.82. The van der Waals surface area contributed by atoms with Crippen LogP contribution in [0.25, 0.3) is 0 Å². The summed E-state index contributed by atoms with van der Waals surface area (Å²) < 4.78 is 5.93. The minimum atomic E-state index is -0.0693. The van der Waals surface area contributed by atoms with Gasteiger partial charge in [0.05, 0.1) is 11.6 Å². The predicted octanol–water partition coefficient (Wildman–Crippen LogP) is 2.78. The van der Waals surface area contributed by atoms with Crippen LogP contribution in [0.15, 0.2) is 22.7 Å². The van der Waals surface area contributed by atoms with E-state index in [0.29, 0.717) is 12.1 Å². The lowest BCUT2D eigenvalue weighted by Crippen LogP contribution is -2.39. The molecule has 0 atom stereocenters. The van der Waals surface area contributed by atoms with Crippen LogP contribution in [-0.2, 0) is 0 Å². The van der Waals surface area contributed by atoms with Crippen LogP contribution in [0.2, 0.25) is 0 Å². The molecule has 0 saturated carbocycles. The van der Waals surface area contributed by atoms with Gasteiger partial charge < -0.3 is 15.0 Å². The van der Waals surface area contributed by atoms with E-state index in [0.717, 1.165) is 16.8 Å². The normalized spacial score (nSPS) is 11.6. The highest BCUT2D eigenvalue weighted by atomic mass is 79.9. The number of nitrogens with one attached hydrogen (secondary N) is 1. The first-order valence-corrected chi connectivity index (χ1v) is 7.31. The van der Waals surface area contributed by atoms with Crippen LogP contribution in [0.4, 0.5) is 0 Å². The average molecular weight is 343 g/mol. The Kier molecular flexibility index (Phi) is 6.02. The number of rotatable bonds is 6. The monoisotopic (exact) mass is 342 g/mol. The van der Waals surface area contributed by atoms with E-state index in [1.807, 2.05) is 14.1 Å². The van der Waals surface area contributed by atoms with E-state index >= 15 is 0 Å².